The molecule has 0 aromatic heterocycles. The maximum absolute atomic E-state index is 9.35. The lowest BCUT2D eigenvalue weighted by Gasteiger charge is -2.24. The van der Waals surface area contributed by atoms with Gasteiger partial charge in [-0.3, -0.25) is 4.90 Å². The zero-order chi connectivity index (χ0) is 11.5. The predicted molar refractivity (Wildman–Crippen MR) is 66.2 cm³/mol. The minimum absolute atomic E-state index is 0.173. The second kappa shape index (κ2) is 4.74. The van der Waals surface area contributed by atoms with Crippen LogP contribution in [0.25, 0.3) is 0 Å². The molecule has 0 bridgehead atoms. The molecule has 0 unspecified atom stereocenters. The van der Waals surface area contributed by atoms with Crippen LogP contribution in [0.2, 0.25) is 0 Å². The molecule has 1 fully saturated rings. The van der Waals surface area contributed by atoms with E-state index in [1.165, 1.54) is 31.2 Å². The zero-order valence-corrected chi connectivity index (χ0v) is 9.82. The first-order valence-corrected chi connectivity index (χ1v) is 5.94. The molecule has 1 aromatic carbocycles. The van der Waals surface area contributed by atoms with Crippen molar-refractivity contribution >= 4 is 5.69 Å². The standard InChI is InChI=1S/C13H20N2O/c1-15(11-4-2-3-5-11)9-10-6-7-13(16)12(14)8-10/h6-8,11,16H,2-5,9,14H2,1H3. The fourth-order valence-electron chi connectivity index (χ4n) is 2.46. The van der Waals surface area contributed by atoms with Crippen LogP contribution >= 0.6 is 0 Å². The smallest absolute Gasteiger partial charge is 0.138 e. The Hall–Kier alpha value is -1.22. The monoisotopic (exact) mass is 220 g/mol. The number of phenols is 1. The maximum Gasteiger partial charge on any atom is 0.138 e. The molecule has 0 aliphatic heterocycles. The van der Waals surface area contributed by atoms with Crippen molar-refractivity contribution < 1.29 is 5.11 Å². The van der Waals surface area contributed by atoms with Crippen LogP contribution in [0.15, 0.2) is 18.2 Å². The third-order valence-electron chi connectivity index (χ3n) is 3.47. The van der Waals surface area contributed by atoms with Gasteiger partial charge in [0.1, 0.15) is 5.75 Å². The lowest BCUT2D eigenvalue weighted by Crippen LogP contribution is -2.28. The first kappa shape index (κ1) is 11.3. The van der Waals surface area contributed by atoms with Gasteiger partial charge in [-0.05, 0) is 37.6 Å². The van der Waals surface area contributed by atoms with Crippen molar-refractivity contribution in [2.24, 2.45) is 0 Å². The van der Waals surface area contributed by atoms with Gasteiger partial charge in [0, 0.05) is 12.6 Å². The van der Waals surface area contributed by atoms with Crippen LogP contribution in [0.1, 0.15) is 31.2 Å². The zero-order valence-electron chi connectivity index (χ0n) is 9.82. The summed E-state index contributed by atoms with van der Waals surface area (Å²) < 4.78 is 0. The Bertz CT molecular complexity index is 359. The SMILES string of the molecule is CN(Cc1ccc(O)c(N)c1)C1CCCC1. The van der Waals surface area contributed by atoms with Crippen molar-refractivity contribution in [2.45, 2.75) is 38.3 Å². The lowest BCUT2D eigenvalue weighted by atomic mass is 10.1. The van der Waals surface area contributed by atoms with E-state index in [2.05, 4.69) is 11.9 Å². The van der Waals surface area contributed by atoms with Gasteiger partial charge in [0.2, 0.25) is 0 Å². The highest BCUT2D eigenvalue weighted by atomic mass is 16.3. The summed E-state index contributed by atoms with van der Waals surface area (Å²) in [6, 6.07) is 6.19. The Labute approximate surface area is 96.9 Å². The molecule has 2 rings (SSSR count). The predicted octanol–water partition coefficient (Wildman–Crippen LogP) is 2.35. The summed E-state index contributed by atoms with van der Waals surface area (Å²) in [4.78, 5) is 2.39. The van der Waals surface area contributed by atoms with Crippen molar-refractivity contribution in [1.82, 2.24) is 4.90 Å². The summed E-state index contributed by atoms with van der Waals surface area (Å²) in [6.07, 6.45) is 5.33. The van der Waals surface area contributed by atoms with Crippen LogP contribution in [-0.2, 0) is 6.54 Å². The van der Waals surface area contributed by atoms with Crippen LogP contribution in [0.4, 0.5) is 5.69 Å². The number of anilines is 1. The molecule has 3 heteroatoms. The van der Waals surface area contributed by atoms with E-state index < -0.39 is 0 Å². The van der Waals surface area contributed by atoms with Crippen LogP contribution < -0.4 is 5.73 Å². The first-order valence-electron chi connectivity index (χ1n) is 5.94. The molecular formula is C13H20N2O. The molecular weight excluding hydrogens is 200 g/mol. The highest BCUT2D eigenvalue weighted by Gasteiger charge is 2.19. The molecule has 3 nitrogen and oxygen atoms in total. The molecule has 0 heterocycles. The number of nitrogens with zero attached hydrogens (tertiary/aromatic N) is 1. The Morgan fingerprint density at radius 3 is 2.69 bits per heavy atom. The Kier molecular flexibility index (Phi) is 3.34. The number of hydrogen-bond donors (Lipinski definition) is 2. The van der Waals surface area contributed by atoms with Crippen LogP contribution in [0.5, 0.6) is 5.75 Å². The topological polar surface area (TPSA) is 49.5 Å². The van der Waals surface area contributed by atoms with Crippen molar-refractivity contribution in [1.29, 1.82) is 0 Å². The van der Waals surface area contributed by atoms with Gasteiger partial charge < -0.3 is 10.8 Å². The lowest BCUT2D eigenvalue weighted by molar-refractivity contribution is 0.237. The maximum atomic E-state index is 9.35. The quantitative estimate of drug-likeness (QED) is 0.607. The van der Waals surface area contributed by atoms with E-state index in [0.29, 0.717) is 5.69 Å². The van der Waals surface area contributed by atoms with Crippen LogP contribution in [-0.4, -0.2) is 23.1 Å². The summed E-state index contributed by atoms with van der Waals surface area (Å²) in [7, 11) is 2.17. The highest BCUT2D eigenvalue weighted by Crippen LogP contribution is 2.25. The van der Waals surface area contributed by atoms with Gasteiger partial charge in [-0.25, -0.2) is 0 Å². The van der Waals surface area contributed by atoms with Gasteiger partial charge in [-0.15, -0.1) is 0 Å². The number of nitrogens with two attached hydrogens (primary N) is 1. The Balaban J connectivity index is 1.99. The van der Waals surface area contributed by atoms with Gasteiger partial charge in [0.25, 0.3) is 0 Å². The Morgan fingerprint density at radius 1 is 1.38 bits per heavy atom. The number of rotatable bonds is 3. The molecule has 16 heavy (non-hydrogen) atoms. The second-order valence-electron chi connectivity index (χ2n) is 4.75. The van der Waals surface area contributed by atoms with Crippen molar-refractivity contribution in [3.8, 4) is 5.75 Å². The van der Waals surface area contributed by atoms with Crippen molar-refractivity contribution in [3.63, 3.8) is 0 Å². The van der Waals surface area contributed by atoms with E-state index in [-0.39, 0.29) is 5.75 Å². The van der Waals surface area contributed by atoms with Crippen molar-refractivity contribution in [2.75, 3.05) is 12.8 Å². The minimum atomic E-state index is 0.173. The molecule has 0 amide bonds. The molecule has 3 N–H and O–H groups in total. The summed E-state index contributed by atoms with van der Waals surface area (Å²) in [5.41, 5.74) is 7.32. The minimum Gasteiger partial charge on any atom is -0.506 e. The van der Waals surface area contributed by atoms with Gasteiger partial charge in [0.05, 0.1) is 5.69 Å². The molecule has 1 aliphatic carbocycles. The first-order chi connectivity index (χ1) is 7.66. The molecule has 1 saturated carbocycles. The number of nitrogen functional groups attached to an aromatic ring is 1. The molecule has 0 atom stereocenters. The average Bonchev–Trinajstić information content (AvgIpc) is 2.77. The molecule has 1 aliphatic rings. The molecule has 0 radical (unpaired) electrons. The van der Waals surface area contributed by atoms with E-state index >= 15 is 0 Å². The van der Waals surface area contributed by atoms with Crippen LogP contribution in [0.3, 0.4) is 0 Å². The average molecular weight is 220 g/mol. The third kappa shape index (κ3) is 2.47. The highest BCUT2D eigenvalue weighted by molar-refractivity contribution is 5.53. The van der Waals surface area contributed by atoms with Gasteiger partial charge >= 0.3 is 0 Å². The fraction of sp³-hybridized carbons (Fsp3) is 0.538. The summed E-state index contributed by atoms with van der Waals surface area (Å²) >= 11 is 0. The summed E-state index contributed by atoms with van der Waals surface area (Å²) in [6.45, 7) is 0.912. The molecule has 1 aromatic rings. The molecule has 0 saturated heterocycles. The van der Waals surface area contributed by atoms with E-state index in [9.17, 15) is 5.11 Å². The largest absolute Gasteiger partial charge is 0.506 e. The third-order valence-corrected chi connectivity index (χ3v) is 3.47. The number of hydrogen-bond acceptors (Lipinski definition) is 3. The molecule has 0 spiro atoms. The molecule has 88 valence electrons. The number of aromatic hydroxyl groups is 1. The Morgan fingerprint density at radius 2 is 2.06 bits per heavy atom. The van der Waals surface area contributed by atoms with E-state index in [4.69, 9.17) is 5.73 Å². The summed E-state index contributed by atoms with van der Waals surface area (Å²) in [5, 5.41) is 9.35. The van der Waals surface area contributed by atoms with Gasteiger partial charge in [0.15, 0.2) is 0 Å². The summed E-state index contributed by atoms with van der Waals surface area (Å²) in [5.74, 6) is 0.173. The van der Waals surface area contributed by atoms with Crippen LogP contribution in [0, 0.1) is 0 Å². The normalized spacial score (nSPS) is 17.1. The van der Waals surface area contributed by atoms with E-state index in [1.807, 2.05) is 12.1 Å². The fourth-order valence-corrected chi connectivity index (χ4v) is 2.46. The van der Waals surface area contributed by atoms with Crippen molar-refractivity contribution in [3.05, 3.63) is 23.8 Å². The van der Waals surface area contributed by atoms with E-state index in [1.54, 1.807) is 6.07 Å². The number of benzene rings is 1. The second-order valence-corrected chi connectivity index (χ2v) is 4.75. The van der Waals surface area contributed by atoms with Gasteiger partial charge in [-0.2, -0.15) is 0 Å². The van der Waals surface area contributed by atoms with E-state index in [0.717, 1.165) is 12.6 Å². The number of phenolic OH excluding ortho intramolecular Hbond substituents is 1. The van der Waals surface area contributed by atoms with Gasteiger partial charge in [-0.1, -0.05) is 18.9 Å².